The van der Waals surface area contributed by atoms with Gasteiger partial charge in [0.05, 0.1) is 11.6 Å². The third kappa shape index (κ3) is 6.49. The van der Waals surface area contributed by atoms with E-state index in [4.69, 9.17) is 14.6 Å². The van der Waals surface area contributed by atoms with Gasteiger partial charge in [0.1, 0.15) is 17.2 Å². The van der Waals surface area contributed by atoms with Gasteiger partial charge in [-0.05, 0) is 46.2 Å². The lowest BCUT2D eigenvalue weighted by atomic mass is 9.85. The molecular formula is C26H32F2N2O5. The van der Waals surface area contributed by atoms with Gasteiger partial charge in [0.15, 0.2) is 6.29 Å². The molecule has 0 atom stereocenters. The molecular weight excluding hydrogens is 458 g/mol. The molecule has 0 aliphatic carbocycles. The molecule has 0 saturated carbocycles. The maximum absolute atomic E-state index is 14.0. The fourth-order valence-electron chi connectivity index (χ4n) is 3.44. The third-order valence-electron chi connectivity index (χ3n) is 5.47. The number of halogens is 2. The van der Waals surface area contributed by atoms with E-state index in [0.29, 0.717) is 10.9 Å². The van der Waals surface area contributed by atoms with Crippen LogP contribution in [0.5, 0.6) is 0 Å². The predicted octanol–water partition coefficient (Wildman–Crippen LogP) is 5.47. The van der Waals surface area contributed by atoms with Crippen molar-refractivity contribution in [3.63, 3.8) is 0 Å². The second-order valence-electron chi connectivity index (χ2n) is 10.2. The number of fused-ring (bicyclic) bond motifs is 1. The molecule has 3 rings (SSSR count). The fraction of sp³-hybridized carbons (Fsp3) is 0.423. The largest absolute Gasteiger partial charge is 0.478 e. The number of carboxylic acid groups (broad SMARTS) is 1. The van der Waals surface area contributed by atoms with Crippen LogP contribution in [0.15, 0.2) is 35.3 Å². The molecule has 0 aliphatic heterocycles. The van der Waals surface area contributed by atoms with Crippen LogP contribution in [0.25, 0.3) is 10.8 Å². The van der Waals surface area contributed by atoms with Gasteiger partial charge in [-0.15, -0.1) is 0 Å². The van der Waals surface area contributed by atoms with Crippen molar-refractivity contribution in [1.29, 1.82) is 0 Å². The molecule has 2 N–H and O–H groups in total. The zero-order chi connectivity index (χ0) is 26.7. The minimum atomic E-state index is -1.34. The summed E-state index contributed by atoms with van der Waals surface area (Å²) < 4.78 is 37.9. The molecule has 0 saturated heterocycles. The molecule has 2 aromatic carbocycles. The minimum absolute atomic E-state index is 0.0722. The molecule has 0 aliphatic rings. The second kappa shape index (κ2) is 10.6. The number of carboxylic acids is 1. The van der Waals surface area contributed by atoms with E-state index < -0.39 is 35.0 Å². The van der Waals surface area contributed by atoms with E-state index in [0.717, 1.165) is 5.56 Å². The highest BCUT2D eigenvalue weighted by Gasteiger charge is 2.26. The van der Waals surface area contributed by atoms with Gasteiger partial charge in [-0.1, -0.05) is 41.5 Å². The summed E-state index contributed by atoms with van der Waals surface area (Å²) in [5, 5.41) is 15.6. The number of nitrogens with zero attached hydrogens (tertiary/aromatic N) is 1. The number of benzene rings is 2. The highest BCUT2D eigenvalue weighted by molar-refractivity contribution is 5.90. The lowest BCUT2D eigenvalue weighted by molar-refractivity contribution is -0.106. The Balaban J connectivity index is 0.000000250. The van der Waals surface area contributed by atoms with E-state index in [1.165, 1.54) is 32.5 Å². The number of methoxy groups -OCH3 is 2. The van der Waals surface area contributed by atoms with Crippen molar-refractivity contribution < 1.29 is 28.2 Å². The van der Waals surface area contributed by atoms with Gasteiger partial charge < -0.3 is 14.6 Å². The Hall–Kier alpha value is -3.17. The van der Waals surface area contributed by atoms with Crippen LogP contribution in [-0.4, -0.2) is 35.5 Å². The van der Waals surface area contributed by atoms with Crippen LogP contribution >= 0.6 is 0 Å². The normalized spacial score (nSPS) is 12.0. The number of ether oxygens (including phenoxy) is 2. The Bertz CT molecular complexity index is 1270. The molecule has 3 aromatic rings. The van der Waals surface area contributed by atoms with Crippen LogP contribution < -0.4 is 5.56 Å². The summed E-state index contributed by atoms with van der Waals surface area (Å²) in [5.74, 6) is -2.62. The first-order valence-corrected chi connectivity index (χ1v) is 10.9. The first kappa shape index (κ1) is 28.1. The van der Waals surface area contributed by atoms with E-state index in [2.05, 4.69) is 10.2 Å². The molecule has 0 unspecified atom stereocenters. The number of carbonyl (C=O) groups is 1. The van der Waals surface area contributed by atoms with Crippen LogP contribution in [0.4, 0.5) is 8.78 Å². The van der Waals surface area contributed by atoms with Crippen molar-refractivity contribution >= 4 is 16.7 Å². The van der Waals surface area contributed by atoms with Gasteiger partial charge in [-0.3, -0.25) is 4.79 Å². The third-order valence-corrected chi connectivity index (χ3v) is 5.47. The van der Waals surface area contributed by atoms with Crippen LogP contribution in [0, 0.1) is 11.6 Å². The highest BCUT2D eigenvalue weighted by Crippen LogP contribution is 2.31. The van der Waals surface area contributed by atoms with Gasteiger partial charge in [0.25, 0.3) is 5.56 Å². The number of aromatic carboxylic acids is 1. The van der Waals surface area contributed by atoms with E-state index in [1.807, 2.05) is 41.5 Å². The monoisotopic (exact) mass is 490 g/mol. The maximum atomic E-state index is 14.0. The summed E-state index contributed by atoms with van der Waals surface area (Å²) in [6.07, 6.45) is 0.553. The summed E-state index contributed by atoms with van der Waals surface area (Å²) in [6, 6.07) is 6.08. The number of hydrogen-bond acceptors (Lipinski definition) is 5. The number of hydrogen-bond donors (Lipinski definition) is 2. The zero-order valence-corrected chi connectivity index (χ0v) is 21.2. The summed E-state index contributed by atoms with van der Waals surface area (Å²) in [6.45, 7) is 11.7. The van der Waals surface area contributed by atoms with Crippen LogP contribution in [0.1, 0.15) is 74.9 Å². The van der Waals surface area contributed by atoms with E-state index in [1.54, 1.807) is 12.1 Å². The molecule has 35 heavy (non-hydrogen) atoms. The SMILES string of the molecule is CC(C)(C)c1cc(F)c2c(=O)[nH]ncc2c1.COC(OC)c1cc(C(C)(C)C)cc(F)c1C(=O)O. The molecule has 1 aromatic heterocycles. The molecule has 9 heteroatoms. The van der Waals surface area contributed by atoms with Gasteiger partial charge in [-0.25, -0.2) is 18.7 Å². The van der Waals surface area contributed by atoms with Crippen LogP contribution in [-0.2, 0) is 20.3 Å². The highest BCUT2D eigenvalue weighted by atomic mass is 19.1. The van der Waals surface area contributed by atoms with Gasteiger partial charge in [-0.2, -0.15) is 5.10 Å². The van der Waals surface area contributed by atoms with Crippen LogP contribution in [0.3, 0.4) is 0 Å². The summed E-state index contributed by atoms with van der Waals surface area (Å²) in [7, 11) is 2.75. The molecule has 190 valence electrons. The summed E-state index contributed by atoms with van der Waals surface area (Å²) in [5.41, 5.74) is 0.351. The number of rotatable bonds is 4. The smallest absolute Gasteiger partial charge is 0.339 e. The van der Waals surface area contributed by atoms with Gasteiger partial charge in [0, 0.05) is 25.2 Å². The Morgan fingerprint density at radius 3 is 1.94 bits per heavy atom. The Morgan fingerprint density at radius 2 is 1.46 bits per heavy atom. The average Bonchev–Trinajstić information content (AvgIpc) is 2.73. The van der Waals surface area contributed by atoms with Crippen molar-refractivity contribution in [2.24, 2.45) is 0 Å². The van der Waals surface area contributed by atoms with Crippen molar-refractivity contribution in [3.8, 4) is 0 Å². The van der Waals surface area contributed by atoms with E-state index >= 15 is 0 Å². The molecule has 0 amide bonds. The molecule has 1 heterocycles. The summed E-state index contributed by atoms with van der Waals surface area (Å²) in [4.78, 5) is 22.6. The number of aromatic amines is 1. The first-order chi connectivity index (χ1) is 16.1. The topological polar surface area (TPSA) is 102 Å². The van der Waals surface area contributed by atoms with E-state index in [9.17, 15) is 18.4 Å². The minimum Gasteiger partial charge on any atom is -0.478 e. The maximum Gasteiger partial charge on any atom is 0.339 e. The number of aromatic nitrogens is 2. The molecule has 0 radical (unpaired) electrons. The van der Waals surface area contributed by atoms with Gasteiger partial charge >= 0.3 is 5.97 Å². The van der Waals surface area contributed by atoms with Gasteiger partial charge in [0.2, 0.25) is 0 Å². The Labute approximate surface area is 203 Å². The quantitative estimate of drug-likeness (QED) is 0.470. The average molecular weight is 491 g/mol. The zero-order valence-electron chi connectivity index (χ0n) is 21.2. The molecule has 0 bridgehead atoms. The van der Waals surface area contributed by atoms with Crippen molar-refractivity contribution in [2.75, 3.05) is 14.2 Å². The van der Waals surface area contributed by atoms with Crippen LogP contribution in [0.2, 0.25) is 0 Å². The van der Waals surface area contributed by atoms with Crippen molar-refractivity contribution in [2.45, 2.75) is 58.7 Å². The standard InChI is InChI=1S/C14H19FO4.C12H13FN2O/c1-14(2,3)8-6-9(13(18-4)19-5)11(12(16)17)10(15)7-8;1-12(2,3)8-4-7-6-14-15-11(16)10(7)9(13)5-8/h6-7,13H,1-5H3,(H,16,17);4-6H,1-3H3,(H,15,16). The lowest BCUT2D eigenvalue weighted by Gasteiger charge is -2.23. The molecule has 0 spiro atoms. The Morgan fingerprint density at radius 1 is 0.943 bits per heavy atom. The predicted molar refractivity (Wildman–Crippen MR) is 130 cm³/mol. The van der Waals surface area contributed by atoms with Crippen molar-refractivity contribution in [3.05, 3.63) is 74.7 Å². The molecule has 7 nitrogen and oxygen atoms in total. The number of H-pyrrole nitrogens is 1. The number of nitrogens with one attached hydrogen (secondary N) is 1. The van der Waals surface area contributed by atoms with Crippen molar-refractivity contribution in [1.82, 2.24) is 10.2 Å². The summed E-state index contributed by atoms with van der Waals surface area (Å²) >= 11 is 0. The van der Waals surface area contributed by atoms with E-state index in [-0.39, 0.29) is 21.8 Å². The molecule has 0 fully saturated rings. The fourth-order valence-corrected chi connectivity index (χ4v) is 3.44. The first-order valence-electron chi connectivity index (χ1n) is 10.9. The Kier molecular flexibility index (Phi) is 8.52. The second-order valence-corrected chi connectivity index (χ2v) is 10.2. The lowest BCUT2D eigenvalue weighted by Crippen LogP contribution is -2.18.